The van der Waals surface area contributed by atoms with E-state index in [2.05, 4.69) is 18.6 Å². The van der Waals surface area contributed by atoms with Gasteiger partial charge < -0.3 is 14.9 Å². The smallest absolute Gasteiger partial charge is 0.337 e. The van der Waals surface area contributed by atoms with Crippen LogP contribution in [0.4, 0.5) is 0 Å². The van der Waals surface area contributed by atoms with E-state index >= 15 is 0 Å². The van der Waals surface area contributed by atoms with Crippen molar-refractivity contribution in [1.29, 1.82) is 0 Å². The number of benzene rings is 1. The summed E-state index contributed by atoms with van der Waals surface area (Å²) in [4.78, 5) is 10.8. The van der Waals surface area contributed by atoms with Crippen molar-refractivity contribution in [2.75, 3.05) is 7.11 Å². The van der Waals surface area contributed by atoms with Gasteiger partial charge in [0.2, 0.25) is 0 Å². The number of carbonyl (C=O) groups is 1. The predicted molar refractivity (Wildman–Crippen MR) is 135 cm³/mol. The zero-order valence-corrected chi connectivity index (χ0v) is 21.1. The largest absolute Gasteiger partial charge is 0.508 e. The molecule has 0 aliphatic carbocycles. The van der Waals surface area contributed by atoms with Gasteiger partial charge in [-0.2, -0.15) is 0 Å². The lowest BCUT2D eigenvalue weighted by atomic mass is 10.0. The van der Waals surface area contributed by atoms with E-state index in [1.54, 1.807) is 0 Å². The topological polar surface area (TPSA) is 66.8 Å². The molecule has 0 radical (unpaired) electrons. The predicted octanol–water partition coefficient (Wildman–Crippen LogP) is 8.20. The Hall–Kier alpha value is -1.55. The molecule has 0 heterocycles. The number of phenols is 1. The van der Waals surface area contributed by atoms with Crippen LogP contribution in [0, 0.1) is 0 Å². The number of methoxy groups -OCH3 is 1. The fourth-order valence-corrected chi connectivity index (χ4v) is 3.71. The number of esters is 1. The lowest BCUT2D eigenvalue weighted by molar-refractivity contribution is 0.0600. The monoisotopic (exact) mass is 450 g/mol. The Morgan fingerprint density at radius 2 is 1.09 bits per heavy atom. The first-order valence-corrected chi connectivity index (χ1v) is 13.1. The van der Waals surface area contributed by atoms with Gasteiger partial charge in [-0.15, -0.1) is 0 Å². The lowest BCUT2D eigenvalue weighted by Crippen LogP contribution is -2.05. The summed E-state index contributed by atoms with van der Waals surface area (Å²) in [5.74, 6) is -0.261. The molecule has 186 valence electrons. The van der Waals surface area contributed by atoms with Crippen LogP contribution in [0.5, 0.6) is 5.75 Å². The van der Waals surface area contributed by atoms with E-state index in [0.717, 1.165) is 12.8 Å². The second-order valence-corrected chi connectivity index (χ2v) is 8.87. The van der Waals surface area contributed by atoms with E-state index in [4.69, 9.17) is 5.11 Å². The molecule has 1 aromatic carbocycles. The molecule has 2 N–H and O–H groups in total. The minimum atomic E-state index is -0.398. The van der Waals surface area contributed by atoms with E-state index in [1.165, 1.54) is 128 Å². The van der Waals surface area contributed by atoms with Crippen LogP contribution in [0.25, 0.3) is 0 Å². The molecule has 0 bridgehead atoms. The van der Waals surface area contributed by atoms with Crippen LogP contribution in [-0.4, -0.2) is 29.4 Å². The Morgan fingerprint density at radius 3 is 1.47 bits per heavy atom. The van der Waals surface area contributed by atoms with Gasteiger partial charge in [-0.25, -0.2) is 4.79 Å². The average Bonchev–Trinajstić information content (AvgIpc) is 2.80. The summed E-state index contributed by atoms with van der Waals surface area (Å²) in [6, 6.07) is 5.88. The van der Waals surface area contributed by atoms with Crippen molar-refractivity contribution < 1.29 is 19.7 Å². The van der Waals surface area contributed by atoms with Crippen molar-refractivity contribution in [3.63, 3.8) is 0 Å². The van der Waals surface area contributed by atoms with Crippen molar-refractivity contribution in [3.8, 4) is 5.75 Å². The van der Waals surface area contributed by atoms with E-state index < -0.39 is 5.97 Å². The summed E-state index contributed by atoms with van der Waals surface area (Å²) < 4.78 is 4.46. The van der Waals surface area contributed by atoms with E-state index in [1.807, 2.05) is 0 Å². The first kappa shape index (κ1) is 30.4. The van der Waals surface area contributed by atoms with Gasteiger partial charge in [0.1, 0.15) is 5.75 Å². The van der Waals surface area contributed by atoms with E-state index in [0.29, 0.717) is 5.56 Å². The van der Waals surface area contributed by atoms with E-state index in [9.17, 15) is 9.90 Å². The first-order chi connectivity index (χ1) is 15.5. The molecule has 0 aliphatic rings. The highest BCUT2D eigenvalue weighted by atomic mass is 16.5. The van der Waals surface area contributed by atoms with Crippen molar-refractivity contribution in [3.05, 3.63) is 29.8 Å². The normalized spacial score (nSPS) is 11.5. The summed E-state index contributed by atoms with van der Waals surface area (Å²) in [7, 11) is 1.31. The molecule has 1 unspecified atom stereocenters. The maximum Gasteiger partial charge on any atom is 0.337 e. The van der Waals surface area contributed by atoms with Gasteiger partial charge in [0.15, 0.2) is 0 Å². The van der Waals surface area contributed by atoms with Gasteiger partial charge in [0, 0.05) is 0 Å². The van der Waals surface area contributed by atoms with Gasteiger partial charge in [-0.1, -0.05) is 110 Å². The van der Waals surface area contributed by atoms with Gasteiger partial charge in [-0.3, -0.25) is 0 Å². The molecule has 1 aromatic rings. The van der Waals surface area contributed by atoms with Gasteiger partial charge in [0.05, 0.1) is 18.8 Å². The van der Waals surface area contributed by atoms with Gasteiger partial charge in [0.25, 0.3) is 0 Å². The third-order valence-corrected chi connectivity index (χ3v) is 5.82. The number of unbranched alkanes of at least 4 members (excludes halogenated alkanes) is 13. The third kappa shape index (κ3) is 19.2. The number of hydrogen-bond acceptors (Lipinski definition) is 4. The van der Waals surface area contributed by atoms with Crippen molar-refractivity contribution in [1.82, 2.24) is 0 Å². The van der Waals surface area contributed by atoms with Crippen molar-refractivity contribution in [2.24, 2.45) is 0 Å². The molecule has 4 nitrogen and oxygen atoms in total. The van der Waals surface area contributed by atoms with Crippen LogP contribution in [-0.2, 0) is 4.74 Å². The zero-order chi connectivity index (χ0) is 23.9. The van der Waals surface area contributed by atoms with Crippen LogP contribution >= 0.6 is 0 Å². The number of rotatable bonds is 18. The van der Waals surface area contributed by atoms with Gasteiger partial charge in [-0.05, 0) is 37.1 Å². The third-order valence-electron chi connectivity index (χ3n) is 5.82. The molecule has 0 saturated heterocycles. The lowest BCUT2D eigenvalue weighted by Gasteiger charge is -2.10. The Morgan fingerprint density at radius 1 is 0.719 bits per heavy atom. The number of aliphatic hydroxyl groups excluding tert-OH is 1. The van der Waals surface area contributed by atoms with Crippen LogP contribution in [0.15, 0.2) is 24.3 Å². The molecular formula is C28H50O4. The Balaban J connectivity index is 0.000000726. The van der Waals surface area contributed by atoms with Crippen molar-refractivity contribution in [2.45, 2.75) is 129 Å². The summed E-state index contributed by atoms with van der Waals surface area (Å²) in [6.07, 6.45) is 22.3. The van der Waals surface area contributed by atoms with Crippen LogP contribution in [0.3, 0.4) is 0 Å². The minimum absolute atomic E-state index is 0.0271. The van der Waals surface area contributed by atoms with Gasteiger partial charge >= 0.3 is 5.97 Å². The molecule has 1 atom stereocenters. The number of aromatic hydroxyl groups is 1. The van der Waals surface area contributed by atoms with Crippen LogP contribution < -0.4 is 0 Å². The molecule has 0 amide bonds. The Bertz CT molecular complexity index is 527. The first-order valence-electron chi connectivity index (χ1n) is 13.1. The van der Waals surface area contributed by atoms with Crippen LogP contribution in [0.2, 0.25) is 0 Å². The molecule has 0 saturated carbocycles. The molecule has 0 aliphatic heterocycles. The molecule has 0 fully saturated rings. The molecule has 0 aromatic heterocycles. The summed E-state index contributed by atoms with van der Waals surface area (Å²) in [5.41, 5.74) is 0.435. The number of hydrogen-bond donors (Lipinski definition) is 2. The maximum absolute atomic E-state index is 10.8. The summed E-state index contributed by atoms with van der Waals surface area (Å²) >= 11 is 0. The summed E-state index contributed by atoms with van der Waals surface area (Å²) in [6.45, 7) is 4.53. The number of phenolic OH excluding ortho intramolecular Hbond substituents is 1. The second kappa shape index (κ2) is 22.6. The minimum Gasteiger partial charge on any atom is -0.508 e. The highest BCUT2D eigenvalue weighted by Crippen LogP contribution is 2.15. The molecule has 32 heavy (non-hydrogen) atoms. The highest BCUT2D eigenvalue weighted by Gasteiger charge is 2.04. The van der Waals surface area contributed by atoms with Crippen LogP contribution in [0.1, 0.15) is 133 Å². The number of ether oxygens (including phenoxy) is 1. The number of carbonyl (C=O) groups excluding carboxylic acids is 1. The SMILES string of the molecule is CCCCCCCCCCCC(O)CCCCCCCC.COC(=O)c1ccc(O)cc1. The molecule has 4 heteroatoms. The molecule has 0 spiro atoms. The zero-order valence-electron chi connectivity index (χ0n) is 21.1. The molecule has 1 rings (SSSR count). The quantitative estimate of drug-likeness (QED) is 0.175. The average molecular weight is 451 g/mol. The Labute approximate surface area is 197 Å². The van der Waals surface area contributed by atoms with Crippen molar-refractivity contribution >= 4 is 5.97 Å². The number of aliphatic hydroxyl groups is 1. The Kier molecular flexibility index (Phi) is 21.5. The second-order valence-electron chi connectivity index (χ2n) is 8.87. The maximum atomic E-state index is 10.8. The molecular weight excluding hydrogens is 400 g/mol. The summed E-state index contributed by atoms with van der Waals surface area (Å²) in [5, 5.41) is 18.8. The van der Waals surface area contributed by atoms with E-state index in [-0.39, 0.29) is 11.9 Å². The standard InChI is InChI=1S/C20H42O.C8H8O3/c1-3-5-7-9-11-12-13-15-17-19-20(21)18-16-14-10-8-6-4-2;1-11-8(10)6-2-4-7(9)5-3-6/h20-21H,3-19H2,1-2H3;2-5,9H,1H3. The fraction of sp³-hybridized carbons (Fsp3) is 0.750. The highest BCUT2D eigenvalue weighted by molar-refractivity contribution is 5.89. The fourth-order valence-electron chi connectivity index (χ4n) is 3.71.